The second-order valence-electron chi connectivity index (χ2n) is 7.79. The Morgan fingerprint density at radius 1 is 0.943 bits per heavy atom. The van der Waals surface area contributed by atoms with Crippen molar-refractivity contribution in [2.45, 2.75) is 6.92 Å². The van der Waals surface area contributed by atoms with E-state index in [1.807, 2.05) is 25.1 Å². The summed E-state index contributed by atoms with van der Waals surface area (Å²) in [6.45, 7) is 1.92. The molecule has 1 aromatic heterocycles. The van der Waals surface area contributed by atoms with Gasteiger partial charge in [-0.15, -0.1) is 0 Å². The number of pyridine rings is 1. The predicted molar refractivity (Wildman–Crippen MR) is 136 cm³/mol. The molecule has 8 heteroatoms. The number of carbonyl (C=O) groups is 1. The number of methoxy groups -OCH3 is 2. The number of amidine groups is 1. The molecule has 0 unspecified atom stereocenters. The lowest BCUT2D eigenvalue weighted by atomic mass is 10.1. The average molecular weight is 471 g/mol. The predicted octanol–water partition coefficient (Wildman–Crippen LogP) is 5.15. The zero-order valence-electron chi connectivity index (χ0n) is 19.9. The molecule has 8 nitrogen and oxygen atoms in total. The van der Waals surface area contributed by atoms with Crippen LogP contribution < -0.4 is 24.8 Å². The van der Waals surface area contributed by atoms with Gasteiger partial charge in [0.25, 0.3) is 5.91 Å². The maximum absolute atomic E-state index is 12.6. The van der Waals surface area contributed by atoms with Crippen LogP contribution >= 0.6 is 0 Å². The van der Waals surface area contributed by atoms with Crippen molar-refractivity contribution in [3.63, 3.8) is 0 Å². The highest BCUT2D eigenvalue weighted by Crippen LogP contribution is 2.37. The minimum absolute atomic E-state index is 0.0152. The van der Waals surface area contributed by atoms with E-state index in [-0.39, 0.29) is 11.7 Å². The molecule has 0 saturated heterocycles. The molecule has 0 saturated carbocycles. The highest BCUT2D eigenvalue weighted by molar-refractivity contribution is 6.13. The van der Waals surface area contributed by atoms with Crippen molar-refractivity contribution in [1.29, 1.82) is 5.41 Å². The van der Waals surface area contributed by atoms with Crippen LogP contribution in [0, 0.1) is 12.3 Å². The third-order valence-corrected chi connectivity index (χ3v) is 5.48. The smallest absolute Gasteiger partial charge is 0.256 e. The first kappa shape index (κ1) is 23.6. The molecule has 0 aliphatic carbocycles. The van der Waals surface area contributed by atoms with Crippen molar-refractivity contribution in [2.24, 2.45) is 0 Å². The normalized spacial score (nSPS) is 10.5. The Morgan fingerprint density at radius 3 is 2.43 bits per heavy atom. The molecule has 0 aliphatic heterocycles. The van der Waals surface area contributed by atoms with Crippen LogP contribution in [0.1, 0.15) is 21.5 Å². The zero-order chi connectivity index (χ0) is 24.9. The van der Waals surface area contributed by atoms with E-state index < -0.39 is 0 Å². The first-order valence-corrected chi connectivity index (χ1v) is 10.9. The molecule has 1 amide bonds. The van der Waals surface area contributed by atoms with E-state index in [1.165, 1.54) is 0 Å². The van der Waals surface area contributed by atoms with Crippen LogP contribution in [-0.2, 0) is 0 Å². The van der Waals surface area contributed by atoms with E-state index >= 15 is 0 Å². The first-order chi connectivity index (χ1) is 16.9. The van der Waals surface area contributed by atoms with Crippen molar-refractivity contribution in [2.75, 3.05) is 26.6 Å². The van der Waals surface area contributed by atoms with Gasteiger partial charge in [0.1, 0.15) is 17.3 Å². The molecule has 0 spiro atoms. The van der Waals surface area contributed by atoms with Gasteiger partial charge in [-0.05, 0) is 43.3 Å². The minimum atomic E-state index is -0.339. The maximum atomic E-state index is 12.6. The summed E-state index contributed by atoms with van der Waals surface area (Å²) < 4.78 is 17.0. The topological polar surface area (TPSA) is 106 Å². The Labute approximate surface area is 203 Å². The number of fused-ring (bicyclic) bond motifs is 1. The molecule has 4 rings (SSSR count). The number of anilines is 1. The van der Waals surface area contributed by atoms with Crippen molar-refractivity contribution in [3.05, 3.63) is 83.6 Å². The molecule has 3 aromatic carbocycles. The summed E-state index contributed by atoms with van der Waals surface area (Å²) >= 11 is 0. The third-order valence-electron chi connectivity index (χ3n) is 5.48. The first-order valence-electron chi connectivity index (χ1n) is 10.9. The second kappa shape index (κ2) is 10.1. The fraction of sp³-hybridized carbons (Fsp3) is 0.148. The number of nitrogens with zero attached hydrogens (tertiary/aromatic N) is 1. The Morgan fingerprint density at radius 2 is 1.71 bits per heavy atom. The van der Waals surface area contributed by atoms with E-state index in [2.05, 4.69) is 15.6 Å². The van der Waals surface area contributed by atoms with Gasteiger partial charge in [0, 0.05) is 47.6 Å². The van der Waals surface area contributed by atoms with E-state index in [1.54, 1.807) is 69.9 Å². The van der Waals surface area contributed by atoms with Crippen LogP contribution in [0.2, 0.25) is 0 Å². The van der Waals surface area contributed by atoms with Gasteiger partial charge in [-0.2, -0.15) is 0 Å². The number of hydrogen-bond acceptors (Lipinski definition) is 7. The van der Waals surface area contributed by atoms with E-state index in [0.717, 1.165) is 10.9 Å². The van der Waals surface area contributed by atoms with Crippen molar-refractivity contribution in [3.8, 4) is 23.0 Å². The lowest BCUT2D eigenvalue weighted by Gasteiger charge is -2.15. The van der Waals surface area contributed by atoms with Gasteiger partial charge < -0.3 is 24.8 Å². The highest BCUT2D eigenvalue weighted by atomic mass is 16.5. The molecule has 35 heavy (non-hydrogen) atoms. The monoisotopic (exact) mass is 470 g/mol. The molecule has 4 aromatic rings. The molecule has 0 fully saturated rings. The second-order valence-corrected chi connectivity index (χ2v) is 7.79. The van der Waals surface area contributed by atoms with Crippen molar-refractivity contribution in [1.82, 2.24) is 10.3 Å². The Hall–Kier alpha value is -4.59. The van der Waals surface area contributed by atoms with Gasteiger partial charge in [-0.1, -0.05) is 17.7 Å². The quantitative estimate of drug-likeness (QED) is 0.255. The number of hydrogen-bond donors (Lipinski definition) is 3. The molecule has 0 aliphatic rings. The molecule has 0 radical (unpaired) electrons. The summed E-state index contributed by atoms with van der Waals surface area (Å²) in [4.78, 5) is 17.0. The van der Waals surface area contributed by atoms with Gasteiger partial charge in [-0.25, -0.2) is 0 Å². The van der Waals surface area contributed by atoms with E-state index in [9.17, 15) is 4.79 Å². The highest BCUT2D eigenvalue weighted by Gasteiger charge is 2.15. The van der Waals surface area contributed by atoms with Crippen LogP contribution in [0.4, 0.5) is 5.69 Å². The van der Waals surface area contributed by atoms with Crippen LogP contribution in [0.3, 0.4) is 0 Å². The van der Waals surface area contributed by atoms with Crippen molar-refractivity contribution >= 4 is 28.3 Å². The average Bonchev–Trinajstić information content (AvgIpc) is 2.87. The third kappa shape index (κ3) is 5.01. The molecule has 1 heterocycles. The van der Waals surface area contributed by atoms with Crippen LogP contribution in [0.5, 0.6) is 23.0 Å². The van der Waals surface area contributed by atoms with Crippen LogP contribution in [0.25, 0.3) is 10.9 Å². The largest absolute Gasteiger partial charge is 0.493 e. The number of rotatable bonds is 7. The van der Waals surface area contributed by atoms with Gasteiger partial charge in [-0.3, -0.25) is 15.2 Å². The molecular formula is C27H26N4O4. The summed E-state index contributed by atoms with van der Waals surface area (Å²) in [6.07, 6.45) is 1.66. The Kier molecular flexibility index (Phi) is 6.82. The number of amides is 1. The van der Waals surface area contributed by atoms with Crippen LogP contribution in [0.15, 0.2) is 66.9 Å². The SMILES string of the molecule is CNc1cc(Oc2ccnc3cc(OC)c(OC)cc23)ccc1C(=N)NC(=O)c1cccc(C)c1. The molecule has 0 bridgehead atoms. The summed E-state index contributed by atoms with van der Waals surface area (Å²) in [7, 11) is 4.90. The number of carbonyl (C=O) groups excluding carboxylic acids is 1. The van der Waals surface area contributed by atoms with Gasteiger partial charge >= 0.3 is 0 Å². The Balaban J connectivity index is 1.60. The summed E-state index contributed by atoms with van der Waals surface area (Å²) in [6, 6.07) is 17.9. The molecule has 178 valence electrons. The van der Waals surface area contributed by atoms with E-state index in [0.29, 0.717) is 45.3 Å². The van der Waals surface area contributed by atoms with Crippen LogP contribution in [-0.4, -0.2) is 38.0 Å². The Bertz CT molecular complexity index is 1420. The maximum Gasteiger partial charge on any atom is 0.256 e. The standard InChI is InChI=1S/C27H26N4O4/c1-16-6-5-7-17(12-16)27(32)31-26(28)19-9-8-18(13-21(19)29-2)35-23-10-11-30-22-15-25(34-4)24(33-3)14-20(22)23/h5-15,29H,1-4H3,(H2,28,31,32). The van der Waals surface area contributed by atoms with Gasteiger partial charge in [0.2, 0.25) is 0 Å². The molecule has 0 atom stereocenters. The number of aryl methyl sites for hydroxylation is 1. The summed E-state index contributed by atoms with van der Waals surface area (Å²) in [5.74, 6) is 1.94. The number of ether oxygens (including phenoxy) is 3. The van der Waals surface area contributed by atoms with Crippen molar-refractivity contribution < 1.29 is 19.0 Å². The fourth-order valence-electron chi connectivity index (χ4n) is 3.71. The number of nitrogens with one attached hydrogen (secondary N) is 3. The molecule has 3 N–H and O–H groups in total. The zero-order valence-corrected chi connectivity index (χ0v) is 19.9. The van der Waals surface area contributed by atoms with Gasteiger partial charge in [0.15, 0.2) is 11.5 Å². The molecular weight excluding hydrogens is 444 g/mol. The number of benzene rings is 3. The van der Waals surface area contributed by atoms with E-state index in [4.69, 9.17) is 19.6 Å². The summed E-state index contributed by atoms with van der Waals surface area (Å²) in [5.41, 5.74) is 3.34. The minimum Gasteiger partial charge on any atom is -0.493 e. The van der Waals surface area contributed by atoms with Gasteiger partial charge in [0.05, 0.1) is 19.7 Å². The fourth-order valence-corrected chi connectivity index (χ4v) is 3.71. The lowest BCUT2D eigenvalue weighted by molar-refractivity contribution is 0.0977. The summed E-state index contributed by atoms with van der Waals surface area (Å²) in [5, 5.41) is 14.9. The number of aromatic nitrogens is 1. The lowest BCUT2D eigenvalue weighted by Crippen LogP contribution is -2.31.